The molecule has 1 aromatic rings. The molecule has 0 unspecified atom stereocenters. The monoisotopic (exact) mass is 238 g/mol. The van der Waals surface area contributed by atoms with Crippen molar-refractivity contribution in [3.8, 4) is 0 Å². The topological polar surface area (TPSA) is 56.9 Å². The maximum absolute atomic E-state index is 10.7. The lowest BCUT2D eigenvalue weighted by molar-refractivity contribution is 0.0696. The van der Waals surface area contributed by atoms with Gasteiger partial charge in [-0.25, -0.2) is 4.79 Å². The van der Waals surface area contributed by atoms with Gasteiger partial charge in [0.25, 0.3) is 0 Å². The van der Waals surface area contributed by atoms with Gasteiger partial charge in [-0.3, -0.25) is 4.90 Å². The summed E-state index contributed by atoms with van der Waals surface area (Å²) in [5.74, 6) is -0.206. The lowest BCUT2D eigenvalue weighted by atomic mass is 10.3. The first-order chi connectivity index (χ1) is 8.15. The molecule has 2 heterocycles. The van der Waals surface area contributed by atoms with Crippen LogP contribution in [0.5, 0.6) is 0 Å². The Morgan fingerprint density at radius 1 is 1.41 bits per heavy atom. The predicted molar refractivity (Wildman–Crippen MR) is 63.1 cm³/mol. The number of carboxylic acid groups (broad SMARTS) is 1. The van der Waals surface area contributed by atoms with Gasteiger partial charge in [0.1, 0.15) is 12.0 Å². The Morgan fingerprint density at radius 3 is 2.94 bits per heavy atom. The van der Waals surface area contributed by atoms with Gasteiger partial charge in [-0.1, -0.05) is 0 Å². The van der Waals surface area contributed by atoms with E-state index in [2.05, 4.69) is 16.8 Å². The van der Waals surface area contributed by atoms with E-state index in [4.69, 9.17) is 9.52 Å². The zero-order valence-electron chi connectivity index (χ0n) is 10.1. The molecule has 2 rings (SSSR count). The summed E-state index contributed by atoms with van der Waals surface area (Å²) < 4.78 is 5.26. The van der Waals surface area contributed by atoms with Gasteiger partial charge in [-0.2, -0.15) is 0 Å². The Balaban J connectivity index is 1.93. The van der Waals surface area contributed by atoms with Crippen molar-refractivity contribution in [2.24, 2.45) is 0 Å². The summed E-state index contributed by atoms with van der Waals surface area (Å²) in [6, 6.07) is 1.61. The van der Waals surface area contributed by atoms with E-state index < -0.39 is 5.97 Å². The van der Waals surface area contributed by atoms with E-state index in [9.17, 15) is 4.79 Å². The van der Waals surface area contributed by atoms with Crippen LogP contribution in [0.4, 0.5) is 0 Å². The van der Waals surface area contributed by atoms with Crippen LogP contribution < -0.4 is 0 Å². The molecule has 0 aromatic carbocycles. The van der Waals surface area contributed by atoms with E-state index in [1.807, 2.05) is 0 Å². The molecule has 1 N–H and O–H groups in total. The first-order valence-corrected chi connectivity index (χ1v) is 5.87. The van der Waals surface area contributed by atoms with E-state index in [0.29, 0.717) is 6.54 Å². The summed E-state index contributed by atoms with van der Waals surface area (Å²) in [5.41, 5.74) is 0.229. The summed E-state index contributed by atoms with van der Waals surface area (Å²) in [6.45, 7) is 4.90. The SMILES string of the molecule is CN1CCCN(Cc2cc(C(=O)O)co2)CC1. The Morgan fingerprint density at radius 2 is 2.24 bits per heavy atom. The van der Waals surface area contributed by atoms with Crippen molar-refractivity contribution in [3.05, 3.63) is 23.7 Å². The van der Waals surface area contributed by atoms with E-state index in [1.165, 1.54) is 6.26 Å². The minimum absolute atomic E-state index is 0.229. The minimum atomic E-state index is -0.935. The van der Waals surface area contributed by atoms with Gasteiger partial charge in [0.2, 0.25) is 0 Å². The number of furan rings is 1. The van der Waals surface area contributed by atoms with Crippen LogP contribution in [-0.4, -0.2) is 54.1 Å². The van der Waals surface area contributed by atoms with Crippen LogP contribution in [0.15, 0.2) is 16.7 Å². The third-order valence-electron chi connectivity index (χ3n) is 3.09. The molecule has 0 spiro atoms. The number of rotatable bonds is 3. The third-order valence-corrected chi connectivity index (χ3v) is 3.09. The van der Waals surface area contributed by atoms with Crippen LogP contribution in [0, 0.1) is 0 Å². The number of nitrogens with zero attached hydrogens (tertiary/aromatic N) is 2. The molecule has 0 bridgehead atoms. The van der Waals surface area contributed by atoms with Crippen LogP contribution in [-0.2, 0) is 6.54 Å². The van der Waals surface area contributed by atoms with Gasteiger partial charge >= 0.3 is 5.97 Å². The molecule has 5 nitrogen and oxygen atoms in total. The molecule has 0 saturated carbocycles. The lowest BCUT2D eigenvalue weighted by Gasteiger charge is -2.18. The van der Waals surface area contributed by atoms with Crippen LogP contribution in [0.3, 0.4) is 0 Å². The van der Waals surface area contributed by atoms with Crippen molar-refractivity contribution in [3.63, 3.8) is 0 Å². The Kier molecular flexibility index (Phi) is 3.81. The fraction of sp³-hybridized carbons (Fsp3) is 0.583. The standard InChI is InChI=1S/C12H18N2O3/c1-13-3-2-4-14(6-5-13)8-11-7-10(9-17-11)12(15)16/h7,9H,2-6,8H2,1H3,(H,15,16). The summed E-state index contributed by atoms with van der Waals surface area (Å²) in [7, 11) is 2.12. The fourth-order valence-corrected chi connectivity index (χ4v) is 2.05. The second-order valence-electron chi connectivity index (χ2n) is 4.54. The summed E-state index contributed by atoms with van der Waals surface area (Å²) in [6.07, 6.45) is 2.45. The zero-order valence-corrected chi connectivity index (χ0v) is 10.1. The minimum Gasteiger partial charge on any atom is -0.478 e. The van der Waals surface area contributed by atoms with E-state index in [-0.39, 0.29) is 5.56 Å². The molecule has 94 valence electrons. The highest BCUT2D eigenvalue weighted by molar-refractivity contribution is 5.87. The first kappa shape index (κ1) is 12.1. The summed E-state index contributed by atoms with van der Waals surface area (Å²) >= 11 is 0. The highest BCUT2D eigenvalue weighted by Gasteiger charge is 2.15. The van der Waals surface area contributed by atoms with Crippen molar-refractivity contribution in [2.45, 2.75) is 13.0 Å². The Labute approximate surface area is 101 Å². The van der Waals surface area contributed by atoms with Crippen LogP contribution in [0.25, 0.3) is 0 Å². The van der Waals surface area contributed by atoms with Crippen molar-refractivity contribution in [1.29, 1.82) is 0 Å². The highest BCUT2D eigenvalue weighted by atomic mass is 16.4. The maximum Gasteiger partial charge on any atom is 0.338 e. The molecule has 1 aliphatic rings. The molecular weight excluding hydrogens is 220 g/mol. The molecule has 1 fully saturated rings. The second-order valence-corrected chi connectivity index (χ2v) is 4.54. The lowest BCUT2D eigenvalue weighted by Crippen LogP contribution is -2.28. The Bertz CT molecular complexity index is 389. The number of aromatic carboxylic acids is 1. The normalized spacial score (nSPS) is 19.1. The molecule has 5 heteroatoms. The number of hydrogen-bond donors (Lipinski definition) is 1. The van der Waals surface area contributed by atoms with E-state index in [0.717, 1.165) is 38.4 Å². The van der Waals surface area contributed by atoms with Gasteiger partial charge < -0.3 is 14.4 Å². The van der Waals surface area contributed by atoms with Gasteiger partial charge in [0, 0.05) is 13.1 Å². The smallest absolute Gasteiger partial charge is 0.338 e. The number of carbonyl (C=O) groups is 1. The number of carboxylic acids is 1. The van der Waals surface area contributed by atoms with Crippen molar-refractivity contribution >= 4 is 5.97 Å². The molecule has 1 aromatic heterocycles. The summed E-state index contributed by atoms with van der Waals surface area (Å²) in [4.78, 5) is 15.3. The summed E-state index contributed by atoms with van der Waals surface area (Å²) in [5, 5.41) is 8.80. The molecule has 1 saturated heterocycles. The first-order valence-electron chi connectivity index (χ1n) is 5.87. The van der Waals surface area contributed by atoms with Gasteiger partial charge in [-0.05, 0) is 32.6 Å². The van der Waals surface area contributed by atoms with E-state index in [1.54, 1.807) is 6.07 Å². The fourth-order valence-electron chi connectivity index (χ4n) is 2.05. The van der Waals surface area contributed by atoms with Crippen molar-refractivity contribution < 1.29 is 14.3 Å². The third kappa shape index (κ3) is 3.31. The predicted octanol–water partition coefficient (Wildman–Crippen LogP) is 1.12. The molecule has 0 amide bonds. The van der Waals surface area contributed by atoms with Gasteiger partial charge in [-0.15, -0.1) is 0 Å². The maximum atomic E-state index is 10.7. The highest BCUT2D eigenvalue weighted by Crippen LogP contribution is 2.12. The van der Waals surface area contributed by atoms with Gasteiger partial charge in [0.05, 0.1) is 12.1 Å². The molecule has 0 radical (unpaired) electrons. The zero-order chi connectivity index (χ0) is 12.3. The van der Waals surface area contributed by atoms with Crippen molar-refractivity contribution in [2.75, 3.05) is 33.2 Å². The molecule has 0 aliphatic carbocycles. The molecular formula is C12H18N2O3. The average Bonchev–Trinajstić information content (AvgIpc) is 2.65. The number of likely N-dealkylation sites (N-methyl/N-ethyl adjacent to an activating group) is 1. The Hall–Kier alpha value is -1.33. The van der Waals surface area contributed by atoms with Crippen molar-refractivity contribution in [1.82, 2.24) is 9.80 Å². The average molecular weight is 238 g/mol. The number of hydrogen-bond acceptors (Lipinski definition) is 4. The molecule has 1 aliphatic heterocycles. The van der Waals surface area contributed by atoms with Gasteiger partial charge in [0.15, 0.2) is 0 Å². The molecule has 17 heavy (non-hydrogen) atoms. The van der Waals surface area contributed by atoms with Crippen LogP contribution in [0.2, 0.25) is 0 Å². The quantitative estimate of drug-likeness (QED) is 0.855. The molecule has 0 atom stereocenters. The van der Waals surface area contributed by atoms with E-state index >= 15 is 0 Å². The van der Waals surface area contributed by atoms with Crippen LogP contribution in [0.1, 0.15) is 22.5 Å². The second kappa shape index (κ2) is 5.33. The largest absolute Gasteiger partial charge is 0.478 e. The van der Waals surface area contributed by atoms with Crippen LogP contribution >= 0.6 is 0 Å².